The molecule has 1 aliphatic rings. The van der Waals surface area contributed by atoms with E-state index in [9.17, 15) is 19.2 Å². The molecule has 6 nitrogen and oxygen atoms in total. The second-order valence-corrected chi connectivity index (χ2v) is 6.06. The lowest BCUT2D eigenvalue weighted by Crippen LogP contribution is -2.22. The van der Waals surface area contributed by atoms with Crippen LogP contribution < -0.4 is 0 Å². The van der Waals surface area contributed by atoms with Crippen molar-refractivity contribution in [3.05, 3.63) is 69.8 Å². The molecule has 0 spiro atoms. The molecule has 0 aliphatic heterocycles. The molecule has 0 atom stereocenters. The molecule has 0 bridgehead atoms. The third kappa shape index (κ3) is 3.13. The highest BCUT2D eigenvalue weighted by atomic mass is 16.7. The summed E-state index contributed by atoms with van der Waals surface area (Å²) in [7, 11) is 0. The number of aryl methyl sites for hydroxylation is 1. The lowest BCUT2D eigenvalue weighted by Gasteiger charge is -2.21. The highest BCUT2D eigenvalue weighted by Gasteiger charge is 2.31. The number of carbonyl (C=O) groups is 4. The molecule has 0 unspecified atom stereocenters. The van der Waals surface area contributed by atoms with E-state index in [0.717, 1.165) is 5.56 Å². The Labute approximate surface area is 149 Å². The monoisotopic (exact) mass is 352 g/mol. The molecule has 3 rings (SSSR count). The number of esters is 2. The van der Waals surface area contributed by atoms with Crippen LogP contribution in [0, 0.1) is 6.92 Å². The van der Waals surface area contributed by atoms with Gasteiger partial charge in [0.2, 0.25) is 0 Å². The highest BCUT2D eigenvalue weighted by molar-refractivity contribution is 6.28. The molecule has 26 heavy (non-hydrogen) atoms. The Kier molecular flexibility index (Phi) is 4.42. The van der Waals surface area contributed by atoms with Gasteiger partial charge in [0.1, 0.15) is 0 Å². The first kappa shape index (κ1) is 17.5. The summed E-state index contributed by atoms with van der Waals surface area (Å²) in [4.78, 5) is 48.1. The number of hydrogen-bond donors (Lipinski definition) is 0. The van der Waals surface area contributed by atoms with E-state index in [1.54, 1.807) is 18.2 Å². The summed E-state index contributed by atoms with van der Waals surface area (Å²) in [5.41, 5.74) is 2.32. The summed E-state index contributed by atoms with van der Waals surface area (Å²) in [6.45, 7) is 4.21. The molecule has 132 valence electrons. The molecule has 0 fully saturated rings. The molecule has 0 saturated heterocycles. The van der Waals surface area contributed by atoms with Gasteiger partial charge in [-0.15, -0.1) is 0 Å². The van der Waals surface area contributed by atoms with Crippen LogP contribution in [0.1, 0.15) is 63.1 Å². The number of carbonyl (C=O) groups excluding carboxylic acids is 4. The van der Waals surface area contributed by atoms with Crippen LogP contribution in [0.15, 0.2) is 36.4 Å². The van der Waals surface area contributed by atoms with Gasteiger partial charge in [-0.25, -0.2) is 0 Å². The molecule has 0 amide bonds. The van der Waals surface area contributed by atoms with Crippen molar-refractivity contribution < 1.29 is 28.7 Å². The van der Waals surface area contributed by atoms with E-state index in [-0.39, 0.29) is 22.7 Å². The average Bonchev–Trinajstić information content (AvgIpc) is 2.57. The van der Waals surface area contributed by atoms with Crippen molar-refractivity contribution in [3.8, 4) is 0 Å². The van der Waals surface area contributed by atoms with Gasteiger partial charge in [-0.1, -0.05) is 23.8 Å². The quantitative estimate of drug-likeness (QED) is 0.532. The van der Waals surface area contributed by atoms with Gasteiger partial charge >= 0.3 is 11.9 Å². The van der Waals surface area contributed by atoms with Crippen molar-refractivity contribution in [2.75, 3.05) is 0 Å². The summed E-state index contributed by atoms with van der Waals surface area (Å²) >= 11 is 0. The van der Waals surface area contributed by atoms with Crippen LogP contribution in [0.2, 0.25) is 0 Å². The minimum atomic E-state index is -1.28. The smallest absolute Gasteiger partial charge is 0.305 e. The maximum Gasteiger partial charge on any atom is 0.305 e. The molecule has 0 aromatic heterocycles. The van der Waals surface area contributed by atoms with Crippen molar-refractivity contribution in [2.45, 2.75) is 27.1 Å². The molecule has 2 aromatic rings. The molecule has 0 radical (unpaired) electrons. The number of benzene rings is 2. The van der Waals surface area contributed by atoms with Crippen LogP contribution in [-0.2, 0) is 19.1 Å². The van der Waals surface area contributed by atoms with Gasteiger partial charge in [0, 0.05) is 41.7 Å². The Morgan fingerprint density at radius 3 is 1.81 bits per heavy atom. The Bertz CT molecular complexity index is 941. The molecule has 0 saturated carbocycles. The largest absolute Gasteiger partial charge is 0.421 e. The van der Waals surface area contributed by atoms with E-state index in [0.29, 0.717) is 16.7 Å². The van der Waals surface area contributed by atoms with Crippen molar-refractivity contribution in [1.29, 1.82) is 0 Å². The van der Waals surface area contributed by atoms with Gasteiger partial charge in [0.05, 0.1) is 0 Å². The van der Waals surface area contributed by atoms with Gasteiger partial charge < -0.3 is 9.47 Å². The fourth-order valence-electron chi connectivity index (χ4n) is 2.89. The fraction of sp³-hybridized carbons (Fsp3) is 0.200. The predicted octanol–water partition coefficient (Wildman–Crippen LogP) is 2.90. The maximum absolute atomic E-state index is 12.8. The Balaban J connectivity index is 2.07. The van der Waals surface area contributed by atoms with Crippen LogP contribution >= 0.6 is 0 Å². The van der Waals surface area contributed by atoms with Crippen molar-refractivity contribution >= 4 is 23.5 Å². The van der Waals surface area contributed by atoms with E-state index in [4.69, 9.17) is 9.47 Å². The van der Waals surface area contributed by atoms with Crippen molar-refractivity contribution in [3.63, 3.8) is 0 Å². The number of ketones is 2. The second kappa shape index (κ2) is 6.55. The first-order valence-electron chi connectivity index (χ1n) is 7.96. The van der Waals surface area contributed by atoms with E-state index in [2.05, 4.69) is 0 Å². The summed E-state index contributed by atoms with van der Waals surface area (Å²) in [5.74, 6) is -1.84. The van der Waals surface area contributed by atoms with E-state index < -0.39 is 18.2 Å². The van der Waals surface area contributed by atoms with E-state index >= 15 is 0 Å². The fourth-order valence-corrected chi connectivity index (χ4v) is 2.89. The van der Waals surface area contributed by atoms with Gasteiger partial charge in [-0.2, -0.15) is 0 Å². The molecule has 2 aromatic carbocycles. The molecule has 0 heterocycles. The molecule has 6 heteroatoms. The lowest BCUT2D eigenvalue weighted by molar-refractivity contribution is -0.186. The second-order valence-electron chi connectivity index (χ2n) is 6.06. The van der Waals surface area contributed by atoms with Crippen LogP contribution in [0.3, 0.4) is 0 Å². The molecular formula is C20H16O6. The van der Waals surface area contributed by atoms with Crippen LogP contribution in [0.5, 0.6) is 0 Å². The summed E-state index contributed by atoms with van der Waals surface area (Å²) < 4.78 is 10.0. The van der Waals surface area contributed by atoms with Gasteiger partial charge in [-0.3, -0.25) is 19.2 Å². The topological polar surface area (TPSA) is 86.7 Å². The van der Waals surface area contributed by atoms with Crippen LogP contribution in [0.4, 0.5) is 0 Å². The van der Waals surface area contributed by atoms with Crippen molar-refractivity contribution in [1.82, 2.24) is 0 Å². The van der Waals surface area contributed by atoms with E-state index in [1.165, 1.54) is 32.0 Å². The molecule has 1 aliphatic carbocycles. The van der Waals surface area contributed by atoms with Gasteiger partial charge in [-0.05, 0) is 25.1 Å². The third-order valence-corrected chi connectivity index (χ3v) is 4.02. The van der Waals surface area contributed by atoms with Crippen LogP contribution in [-0.4, -0.2) is 23.5 Å². The summed E-state index contributed by atoms with van der Waals surface area (Å²) in [5, 5.41) is 0. The van der Waals surface area contributed by atoms with Gasteiger partial charge in [0.25, 0.3) is 6.29 Å². The number of ether oxygens (including phenoxy) is 2. The summed E-state index contributed by atoms with van der Waals surface area (Å²) in [6.07, 6.45) is -1.28. The number of fused-ring (bicyclic) bond motifs is 2. The minimum absolute atomic E-state index is 0.188. The Morgan fingerprint density at radius 2 is 1.27 bits per heavy atom. The Hall–Kier alpha value is -3.28. The zero-order chi connectivity index (χ0) is 19.0. The molecular weight excluding hydrogens is 336 g/mol. The normalized spacial score (nSPS) is 12.5. The minimum Gasteiger partial charge on any atom is -0.421 e. The first-order chi connectivity index (χ1) is 12.3. The molecule has 0 N–H and O–H groups in total. The number of hydrogen-bond acceptors (Lipinski definition) is 6. The zero-order valence-electron chi connectivity index (χ0n) is 14.5. The number of rotatable bonds is 3. The summed E-state index contributed by atoms with van der Waals surface area (Å²) in [6, 6.07) is 9.48. The maximum atomic E-state index is 12.8. The third-order valence-electron chi connectivity index (χ3n) is 4.02. The SMILES string of the molecule is CC(=O)OC(OC(C)=O)c1ccc2c(c1)C(=O)c1ccc(C)cc1C2=O. The van der Waals surface area contributed by atoms with Crippen molar-refractivity contribution in [2.24, 2.45) is 0 Å². The zero-order valence-corrected chi connectivity index (χ0v) is 14.5. The first-order valence-corrected chi connectivity index (χ1v) is 7.96. The average molecular weight is 352 g/mol. The van der Waals surface area contributed by atoms with Gasteiger partial charge in [0.15, 0.2) is 11.6 Å². The standard InChI is InChI=1S/C20H16O6/c1-10-4-6-14-16(8-10)18(23)15-7-5-13(9-17(15)19(14)24)20(25-11(2)21)26-12(3)22/h4-9,20H,1-3H3. The van der Waals surface area contributed by atoms with Crippen LogP contribution in [0.25, 0.3) is 0 Å². The lowest BCUT2D eigenvalue weighted by atomic mass is 9.82. The predicted molar refractivity (Wildman–Crippen MR) is 90.8 cm³/mol. The highest BCUT2D eigenvalue weighted by Crippen LogP contribution is 2.31. The van der Waals surface area contributed by atoms with E-state index in [1.807, 2.05) is 6.92 Å². The Morgan fingerprint density at radius 1 is 0.769 bits per heavy atom.